The molecule has 0 atom stereocenters. The van der Waals surface area contributed by atoms with Gasteiger partial charge in [-0.15, -0.1) is 0 Å². The van der Waals surface area contributed by atoms with Crippen LogP contribution in [0.25, 0.3) is 0 Å². The molecule has 2 rings (SSSR count). The number of amides is 2. The van der Waals surface area contributed by atoms with E-state index in [1.54, 1.807) is 31.3 Å². The highest BCUT2D eigenvalue weighted by molar-refractivity contribution is 6.03. The van der Waals surface area contributed by atoms with E-state index in [1.165, 1.54) is 5.56 Å². The molecule has 2 amide bonds. The van der Waals surface area contributed by atoms with Crippen LogP contribution in [0, 0.1) is 0 Å². The lowest BCUT2D eigenvalue weighted by molar-refractivity contribution is -0.116. The number of carbonyl (C=O) groups excluding carboxylic acids is 2. The third-order valence-corrected chi connectivity index (χ3v) is 3.38. The Morgan fingerprint density at radius 1 is 0.955 bits per heavy atom. The van der Waals surface area contributed by atoms with Gasteiger partial charge in [0.2, 0.25) is 5.91 Å². The fourth-order valence-electron chi connectivity index (χ4n) is 2.24. The summed E-state index contributed by atoms with van der Waals surface area (Å²) in [5.41, 5.74) is 2.24. The van der Waals surface area contributed by atoms with Gasteiger partial charge in [-0.05, 0) is 30.5 Å². The Kier molecular flexibility index (Phi) is 5.72. The number of aryl methyl sites for hydroxylation is 1. The summed E-state index contributed by atoms with van der Waals surface area (Å²) in [6.07, 6.45) is 2.07. The molecule has 0 aliphatic rings. The van der Waals surface area contributed by atoms with Crippen molar-refractivity contribution < 1.29 is 9.59 Å². The molecule has 2 N–H and O–H groups in total. The first-order valence-corrected chi connectivity index (χ1v) is 7.35. The van der Waals surface area contributed by atoms with Crippen LogP contribution >= 0.6 is 0 Å². The maximum absolute atomic E-state index is 12.0. The number of rotatable bonds is 6. The molecular formula is C18H20N2O2. The van der Waals surface area contributed by atoms with E-state index < -0.39 is 0 Å². The van der Waals surface area contributed by atoms with Crippen molar-refractivity contribution in [1.29, 1.82) is 0 Å². The Balaban J connectivity index is 1.88. The van der Waals surface area contributed by atoms with Crippen LogP contribution in [0.1, 0.15) is 28.8 Å². The van der Waals surface area contributed by atoms with Gasteiger partial charge in [0.15, 0.2) is 0 Å². The van der Waals surface area contributed by atoms with Gasteiger partial charge >= 0.3 is 0 Å². The molecule has 0 unspecified atom stereocenters. The van der Waals surface area contributed by atoms with Crippen molar-refractivity contribution in [3.8, 4) is 0 Å². The summed E-state index contributed by atoms with van der Waals surface area (Å²) in [6, 6.07) is 17.1. The van der Waals surface area contributed by atoms with Crippen LogP contribution in [-0.2, 0) is 11.2 Å². The second-order valence-electron chi connectivity index (χ2n) is 5.01. The van der Waals surface area contributed by atoms with Crippen LogP contribution in [0.15, 0.2) is 54.6 Å². The summed E-state index contributed by atoms with van der Waals surface area (Å²) in [6.45, 7) is 0. The van der Waals surface area contributed by atoms with Crippen LogP contribution in [0.4, 0.5) is 5.69 Å². The van der Waals surface area contributed by atoms with Crippen LogP contribution in [0.2, 0.25) is 0 Å². The Labute approximate surface area is 130 Å². The minimum atomic E-state index is -0.208. The van der Waals surface area contributed by atoms with Gasteiger partial charge in [0.1, 0.15) is 0 Å². The number of benzene rings is 2. The molecule has 0 aliphatic carbocycles. The van der Waals surface area contributed by atoms with Crippen molar-refractivity contribution in [2.45, 2.75) is 19.3 Å². The smallest absolute Gasteiger partial charge is 0.253 e. The van der Waals surface area contributed by atoms with E-state index in [4.69, 9.17) is 0 Å². The average Bonchev–Trinajstić information content (AvgIpc) is 2.55. The highest BCUT2D eigenvalue weighted by atomic mass is 16.2. The van der Waals surface area contributed by atoms with E-state index in [1.807, 2.05) is 18.2 Å². The number of anilines is 1. The molecule has 0 aromatic heterocycles. The fraction of sp³-hybridized carbons (Fsp3) is 0.222. The topological polar surface area (TPSA) is 58.2 Å². The van der Waals surface area contributed by atoms with Gasteiger partial charge in [0, 0.05) is 13.5 Å². The Bertz CT molecular complexity index is 639. The normalized spacial score (nSPS) is 10.0. The van der Waals surface area contributed by atoms with Crippen LogP contribution in [0.3, 0.4) is 0 Å². The Morgan fingerprint density at radius 2 is 1.64 bits per heavy atom. The molecule has 0 saturated carbocycles. The number of hydrogen-bond donors (Lipinski definition) is 2. The van der Waals surface area contributed by atoms with E-state index in [0.29, 0.717) is 17.7 Å². The lowest BCUT2D eigenvalue weighted by atomic mass is 10.1. The molecule has 0 aliphatic heterocycles. The maximum atomic E-state index is 12.0. The van der Waals surface area contributed by atoms with Gasteiger partial charge in [-0.3, -0.25) is 9.59 Å². The zero-order valence-electron chi connectivity index (χ0n) is 12.6. The number of para-hydroxylation sites is 1. The predicted octanol–water partition coefficient (Wildman–Crippen LogP) is 3.01. The van der Waals surface area contributed by atoms with E-state index in [2.05, 4.69) is 22.8 Å². The molecule has 4 nitrogen and oxygen atoms in total. The van der Waals surface area contributed by atoms with Crippen molar-refractivity contribution in [3.63, 3.8) is 0 Å². The SMILES string of the molecule is CNC(=O)c1ccccc1NC(=O)CCCc1ccccc1. The molecule has 114 valence electrons. The largest absolute Gasteiger partial charge is 0.355 e. The second kappa shape index (κ2) is 7.98. The first kappa shape index (κ1) is 15.8. The molecule has 0 fully saturated rings. The zero-order valence-corrected chi connectivity index (χ0v) is 12.6. The van der Waals surface area contributed by atoms with E-state index in [9.17, 15) is 9.59 Å². The minimum absolute atomic E-state index is 0.0766. The first-order valence-electron chi connectivity index (χ1n) is 7.35. The summed E-state index contributed by atoms with van der Waals surface area (Å²) >= 11 is 0. The van der Waals surface area contributed by atoms with Gasteiger partial charge < -0.3 is 10.6 Å². The van der Waals surface area contributed by atoms with Crippen molar-refractivity contribution in [2.75, 3.05) is 12.4 Å². The summed E-state index contributed by atoms with van der Waals surface area (Å²) in [7, 11) is 1.57. The first-order chi connectivity index (χ1) is 10.7. The molecule has 0 saturated heterocycles. The summed E-state index contributed by atoms with van der Waals surface area (Å²) in [4.78, 5) is 23.8. The van der Waals surface area contributed by atoms with Gasteiger partial charge in [0.05, 0.1) is 11.3 Å². The number of carbonyl (C=O) groups is 2. The van der Waals surface area contributed by atoms with Gasteiger partial charge in [-0.25, -0.2) is 0 Å². The van der Waals surface area contributed by atoms with Crippen molar-refractivity contribution >= 4 is 17.5 Å². The Morgan fingerprint density at radius 3 is 2.36 bits per heavy atom. The Hall–Kier alpha value is -2.62. The summed E-state index contributed by atoms with van der Waals surface area (Å²) < 4.78 is 0. The molecular weight excluding hydrogens is 276 g/mol. The van der Waals surface area contributed by atoms with Crippen LogP contribution in [0.5, 0.6) is 0 Å². The third-order valence-electron chi connectivity index (χ3n) is 3.38. The summed E-state index contributed by atoms with van der Waals surface area (Å²) in [5.74, 6) is -0.285. The molecule has 0 spiro atoms. The highest BCUT2D eigenvalue weighted by Gasteiger charge is 2.11. The standard InChI is InChI=1S/C18H20N2O2/c1-19-18(22)15-11-5-6-12-16(15)20-17(21)13-7-10-14-8-3-2-4-9-14/h2-6,8-9,11-12H,7,10,13H2,1H3,(H,19,22)(H,20,21). The van der Waals surface area contributed by atoms with E-state index in [-0.39, 0.29) is 11.8 Å². The monoisotopic (exact) mass is 296 g/mol. The predicted molar refractivity (Wildman–Crippen MR) is 87.8 cm³/mol. The van der Waals surface area contributed by atoms with Crippen molar-refractivity contribution in [1.82, 2.24) is 5.32 Å². The lowest BCUT2D eigenvalue weighted by Crippen LogP contribution is -2.21. The van der Waals surface area contributed by atoms with E-state index in [0.717, 1.165) is 12.8 Å². The summed E-state index contributed by atoms with van der Waals surface area (Å²) in [5, 5.41) is 5.38. The van der Waals surface area contributed by atoms with Gasteiger partial charge in [0.25, 0.3) is 5.91 Å². The molecule has 2 aromatic rings. The second-order valence-corrected chi connectivity index (χ2v) is 5.01. The van der Waals surface area contributed by atoms with Gasteiger partial charge in [-0.2, -0.15) is 0 Å². The number of nitrogens with one attached hydrogen (secondary N) is 2. The van der Waals surface area contributed by atoms with Crippen molar-refractivity contribution in [2.24, 2.45) is 0 Å². The molecule has 22 heavy (non-hydrogen) atoms. The third kappa shape index (κ3) is 4.45. The highest BCUT2D eigenvalue weighted by Crippen LogP contribution is 2.15. The van der Waals surface area contributed by atoms with Crippen LogP contribution < -0.4 is 10.6 Å². The minimum Gasteiger partial charge on any atom is -0.355 e. The molecule has 0 radical (unpaired) electrons. The van der Waals surface area contributed by atoms with Crippen molar-refractivity contribution in [3.05, 3.63) is 65.7 Å². The quantitative estimate of drug-likeness (QED) is 0.861. The number of hydrogen-bond acceptors (Lipinski definition) is 2. The zero-order chi connectivity index (χ0) is 15.8. The molecule has 0 bridgehead atoms. The van der Waals surface area contributed by atoms with E-state index >= 15 is 0 Å². The molecule has 2 aromatic carbocycles. The van der Waals surface area contributed by atoms with Crippen LogP contribution in [-0.4, -0.2) is 18.9 Å². The fourth-order valence-corrected chi connectivity index (χ4v) is 2.24. The maximum Gasteiger partial charge on any atom is 0.253 e. The molecule has 4 heteroatoms. The average molecular weight is 296 g/mol. The molecule has 0 heterocycles. The lowest BCUT2D eigenvalue weighted by Gasteiger charge is -2.10. The van der Waals surface area contributed by atoms with Gasteiger partial charge in [-0.1, -0.05) is 42.5 Å².